The average Bonchev–Trinajstić information content (AvgIpc) is 2.44. The summed E-state index contributed by atoms with van der Waals surface area (Å²) in [5, 5.41) is 0. The van der Waals surface area contributed by atoms with Crippen LogP contribution in [0.15, 0.2) is 30.1 Å². The van der Waals surface area contributed by atoms with Crippen molar-refractivity contribution in [1.29, 1.82) is 0 Å². The van der Waals surface area contributed by atoms with Gasteiger partial charge in [0.2, 0.25) is 11.6 Å². The molecule has 1 aromatic heterocycles. The number of nitrogens with zero attached hydrogens (tertiary/aromatic N) is 2. The minimum Gasteiger partial charge on any atom is -0.378 e. The van der Waals surface area contributed by atoms with Gasteiger partial charge in [-0.3, -0.25) is 14.6 Å². The Morgan fingerprint density at radius 1 is 1.22 bits per heavy atom. The number of morpholine rings is 1. The molecule has 0 bridgehead atoms. The van der Waals surface area contributed by atoms with Gasteiger partial charge in [-0.2, -0.15) is 0 Å². The minimum absolute atomic E-state index is 0.125. The Morgan fingerprint density at radius 2 is 2.00 bits per heavy atom. The summed E-state index contributed by atoms with van der Waals surface area (Å²) in [5.41, 5.74) is 1.11. The second-order valence-electron chi connectivity index (χ2n) is 4.22. The van der Waals surface area contributed by atoms with Crippen molar-refractivity contribution in [3.8, 4) is 0 Å². The monoisotopic (exact) mass is 244 g/mol. The van der Waals surface area contributed by atoms with Gasteiger partial charge in [-0.25, -0.2) is 0 Å². The van der Waals surface area contributed by atoms with E-state index in [1.165, 1.54) is 12.3 Å². The second-order valence-corrected chi connectivity index (χ2v) is 4.22. The van der Waals surface area contributed by atoms with Gasteiger partial charge in [-0.1, -0.05) is 0 Å². The maximum Gasteiger partial charge on any atom is 0.211 e. The number of allylic oxidation sites excluding steroid dienone is 2. The zero-order chi connectivity index (χ0) is 12.5. The fourth-order valence-electron chi connectivity index (χ4n) is 2.22. The molecule has 0 amide bonds. The van der Waals surface area contributed by atoms with Gasteiger partial charge in [-0.05, 0) is 12.1 Å². The number of rotatable bonds is 1. The smallest absolute Gasteiger partial charge is 0.211 e. The first-order valence-electron chi connectivity index (χ1n) is 5.86. The predicted molar refractivity (Wildman–Crippen MR) is 63.4 cm³/mol. The van der Waals surface area contributed by atoms with Crippen molar-refractivity contribution in [2.24, 2.45) is 0 Å². The molecule has 5 nitrogen and oxygen atoms in total. The van der Waals surface area contributed by atoms with Crippen LogP contribution in [-0.2, 0) is 4.74 Å². The molecule has 1 fully saturated rings. The molecule has 1 aromatic rings. The number of carbonyl (C=O) groups is 2. The molecule has 0 atom stereocenters. The largest absolute Gasteiger partial charge is 0.378 e. The Balaban J connectivity index is 1.98. The summed E-state index contributed by atoms with van der Waals surface area (Å²) in [4.78, 5) is 30.1. The van der Waals surface area contributed by atoms with Crippen LogP contribution >= 0.6 is 0 Å². The molecule has 1 aliphatic heterocycles. The van der Waals surface area contributed by atoms with E-state index < -0.39 is 0 Å². The standard InChI is InChI=1S/C13H12N2O3/c16-11-8-10(15-4-6-18-7-5-15)13(17)9-2-1-3-14-12(9)11/h1-3,8H,4-7H2. The Labute approximate surface area is 104 Å². The molecule has 0 saturated carbocycles. The third-order valence-electron chi connectivity index (χ3n) is 3.14. The van der Waals surface area contributed by atoms with Gasteiger partial charge in [0.15, 0.2) is 0 Å². The first-order chi connectivity index (χ1) is 8.77. The van der Waals surface area contributed by atoms with Gasteiger partial charge in [0.1, 0.15) is 5.69 Å². The molecule has 0 radical (unpaired) electrons. The van der Waals surface area contributed by atoms with Crippen LogP contribution in [0.3, 0.4) is 0 Å². The lowest BCUT2D eigenvalue weighted by atomic mass is 9.96. The predicted octanol–water partition coefficient (Wildman–Crippen LogP) is 0.677. The highest BCUT2D eigenvalue weighted by Crippen LogP contribution is 2.22. The summed E-state index contributed by atoms with van der Waals surface area (Å²) in [6, 6.07) is 3.32. The molecule has 2 aliphatic rings. The SMILES string of the molecule is O=C1C(N2CCOCC2)=CC(=O)c2ncccc21. The lowest BCUT2D eigenvalue weighted by Gasteiger charge is -2.31. The van der Waals surface area contributed by atoms with Crippen molar-refractivity contribution in [1.82, 2.24) is 9.88 Å². The number of fused-ring (bicyclic) bond motifs is 1. The van der Waals surface area contributed by atoms with E-state index in [1.54, 1.807) is 12.1 Å². The van der Waals surface area contributed by atoms with E-state index in [0.29, 0.717) is 37.6 Å². The number of Topliss-reactive ketones (excluding diaryl/α,β-unsaturated/α-hetero) is 1. The zero-order valence-electron chi connectivity index (χ0n) is 9.76. The summed E-state index contributed by atoms with van der Waals surface area (Å²) in [6.07, 6.45) is 2.92. The van der Waals surface area contributed by atoms with E-state index >= 15 is 0 Å². The van der Waals surface area contributed by atoms with Crippen LogP contribution in [0.5, 0.6) is 0 Å². The van der Waals surface area contributed by atoms with Gasteiger partial charge in [0.25, 0.3) is 0 Å². The van der Waals surface area contributed by atoms with E-state index in [9.17, 15) is 9.59 Å². The lowest BCUT2D eigenvalue weighted by Crippen LogP contribution is -2.39. The van der Waals surface area contributed by atoms with Crippen LogP contribution in [0.25, 0.3) is 0 Å². The highest BCUT2D eigenvalue weighted by Gasteiger charge is 2.30. The Bertz CT molecular complexity index is 545. The average molecular weight is 244 g/mol. The molecule has 3 rings (SSSR count). The van der Waals surface area contributed by atoms with Crippen molar-refractivity contribution in [2.75, 3.05) is 26.3 Å². The van der Waals surface area contributed by atoms with Gasteiger partial charge in [-0.15, -0.1) is 0 Å². The van der Waals surface area contributed by atoms with Gasteiger partial charge >= 0.3 is 0 Å². The fourth-order valence-corrected chi connectivity index (χ4v) is 2.22. The Morgan fingerprint density at radius 3 is 2.78 bits per heavy atom. The maximum absolute atomic E-state index is 12.3. The molecule has 1 aliphatic carbocycles. The molecule has 5 heteroatoms. The highest BCUT2D eigenvalue weighted by atomic mass is 16.5. The number of carbonyl (C=O) groups excluding carboxylic acids is 2. The van der Waals surface area contributed by atoms with Crippen LogP contribution in [-0.4, -0.2) is 47.8 Å². The zero-order valence-corrected chi connectivity index (χ0v) is 9.76. The van der Waals surface area contributed by atoms with Crippen molar-refractivity contribution < 1.29 is 14.3 Å². The lowest BCUT2D eigenvalue weighted by molar-refractivity contribution is 0.0501. The third-order valence-corrected chi connectivity index (χ3v) is 3.14. The topological polar surface area (TPSA) is 59.5 Å². The van der Waals surface area contributed by atoms with Crippen molar-refractivity contribution in [3.63, 3.8) is 0 Å². The van der Waals surface area contributed by atoms with E-state index in [1.807, 2.05) is 4.90 Å². The van der Waals surface area contributed by atoms with E-state index in [2.05, 4.69) is 4.98 Å². The molecule has 0 aromatic carbocycles. The summed E-state index contributed by atoms with van der Waals surface area (Å²) in [5.74, 6) is -0.328. The summed E-state index contributed by atoms with van der Waals surface area (Å²) in [6.45, 7) is 2.44. The number of ketones is 2. The molecule has 1 saturated heterocycles. The van der Waals surface area contributed by atoms with Crippen LogP contribution in [0, 0.1) is 0 Å². The van der Waals surface area contributed by atoms with Crippen molar-refractivity contribution in [3.05, 3.63) is 41.4 Å². The minimum atomic E-state index is -0.202. The Kier molecular flexibility index (Phi) is 2.68. The normalized spacial score (nSPS) is 19.6. The van der Waals surface area contributed by atoms with E-state index in [0.717, 1.165) is 0 Å². The summed E-state index contributed by atoms with van der Waals surface area (Å²) in [7, 11) is 0. The van der Waals surface area contributed by atoms with Crippen LogP contribution in [0.2, 0.25) is 0 Å². The summed E-state index contributed by atoms with van der Waals surface area (Å²) >= 11 is 0. The molecule has 0 unspecified atom stereocenters. The quantitative estimate of drug-likeness (QED) is 0.727. The number of ether oxygens (including phenoxy) is 1. The Hall–Kier alpha value is -2.01. The molecule has 0 spiro atoms. The fraction of sp³-hybridized carbons (Fsp3) is 0.308. The van der Waals surface area contributed by atoms with Crippen molar-refractivity contribution >= 4 is 11.6 Å². The van der Waals surface area contributed by atoms with Crippen LogP contribution in [0.1, 0.15) is 20.8 Å². The number of pyridine rings is 1. The molecule has 18 heavy (non-hydrogen) atoms. The summed E-state index contributed by atoms with van der Waals surface area (Å²) < 4.78 is 5.24. The van der Waals surface area contributed by atoms with Crippen LogP contribution < -0.4 is 0 Å². The van der Waals surface area contributed by atoms with E-state index in [-0.39, 0.29) is 17.3 Å². The third kappa shape index (κ3) is 1.73. The van der Waals surface area contributed by atoms with Gasteiger partial charge in [0, 0.05) is 25.4 Å². The number of hydrogen-bond donors (Lipinski definition) is 0. The highest BCUT2D eigenvalue weighted by molar-refractivity contribution is 6.23. The van der Waals surface area contributed by atoms with Crippen molar-refractivity contribution in [2.45, 2.75) is 0 Å². The molecule has 92 valence electrons. The second kappa shape index (κ2) is 4.34. The molecule has 0 N–H and O–H groups in total. The first-order valence-corrected chi connectivity index (χ1v) is 5.86. The molecule has 2 heterocycles. The van der Waals surface area contributed by atoms with Gasteiger partial charge in [0.05, 0.1) is 24.5 Å². The first kappa shape index (κ1) is 11.1. The number of hydrogen-bond acceptors (Lipinski definition) is 5. The molecular weight excluding hydrogens is 232 g/mol. The van der Waals surface area contributed by atoms with Gasteiger partial charge < -0.3 is 9.64 Å². The molecular formula is C13H12N2O3. The van der Waals surface area contributed by atoms with Crippen LogP contribution in [0.4, 0.5) is 0 Å². The van der Waals surface area contributed by atoms with E-state index in [4.69, 9.17) is 4.74 Å². The maximum atomic E-state index is 12.3. The number of aromatic nitrogens is 1.